The maximum atomic E-state index is 12.1. The van der Waals surface area contributed by atoms with Crippen molar-refractivity contribution in [1.29, 1.82) is 0 Å². The lowest BCUT2D eigenvalue weighted by Gasteiger charge is -2.12. The second-order valence-electron chi connectivity index (χ2n) is 4.85. The number of aliphatic hydroxyl groups excluding tert-OH is 2. The fourth-order valence-electron chi connectivity index (χ4n) is 2.32. The van der Waals surface area contributed by atoms with Gasteiger partial charge in [0, 0.05) is 19.3 Å². The molecule has 1 fully saturated rings. The minimum Gasteiger partial charge on any atom is -0.389 e. The number of nitrogens with zero attached hydrogens (tertiary/aromatic N) is 4. The number of rotatable bonds is 2. The van der Waals surface area contributed by atoms with Gasteiger partial charge in [0.05, 0.1) is 18.8 Å². The van der Waals surface area contributed by atoms with Crippen LogP contribution >= 0.6 is 0 Å². The molecule has 20 heavy (non-hydrogen) atoms. The summed E-state index contributed by atoms with van der Waals surface area (Å²) in [5, 5.41) is 22.8. The average molecular weight is 278 g/mol. The predicted molar refractivity (Wildman–Crippen MR) is 68.5 cm³/mol. The zero-order valence-electron chi connectivity index (χ0n) is 10.6. The zero-order valence-corrected chi connectivity index (χ0v) is 10.6. The molecular weight excluding hydrogens is 264 g/mol. The number of carbonyl (C=O) groups excluding carboxylic acids is 1. The molecule has 3 heterocycles. The molecule has 0 saturated carbocycles. The summed E-state index contributed by atoms with van der Waals surface area (Å²) < 4.78 is 2.10. The first-order chi connectivity index (χ1) is 9.56. The molecule has 2 atom stereocenters. The van der Waals surface area contributed by atoms with E-state index in [9.17, 15) is 19.8 Å². The molecule has 0 amide bonds. The van der Waals surface area contributed by atoms with Crippen LogP contribution in [0.2, 0.25) is 0 Å². The van der Waals surface area contributed by atoms with Crippen LogP contribution in [0, 0.1) is 0 Å². The largest absolute Gasteiger partial charge is 0.389 e. The van der Waals surface area contributed by atoms with Gasteiger partial charge in [-0.2, -0.15) is 0 Å². The van der Waals surface area contributed by atoms with Crippen molar-refractivity contribution in [3.63, 3.8) is 0 Å². The maximum Gasteiger partial charge on any atom is 0.357 e. The highest BCUT2D eigenvalue weighted by Gasteiger charge is 2.31. The van der Waals surface area contributed by atoms with Crippen LogP contribution in [0.25, 0.3) is 5.65 Å². The van der Waals surface area contributed by atoms with Gasteiger partial charge in [0.2, 0.25) is 0 Å². The average Bonchev–Trinajstić information content (AvgIpc) is 2.91. The van der Waals surface area contributed by atoms with Crippen LogP contribution < -0.4 is 5.69 Å². The first kappa shape index (κ1) is 13.0. The summed E-state index contributed by atoms with van der Waals surface area (Å²) in [7, 11) is 0. The molecule has 2 N–H and O–H groups in total. The fourth-order valence-corrected chi connectivity index (χ4v) is 2.32. The van der Waals surface area contributed by atoms with Gasteiger partial charge >= 0.3 is 5.69 Å². The Bertz CT molecular complexity index is 697. The van der Waals surface area contributed by atoms with Crippen molar-refractivity contribution in [2.24, 2.45) is 0 Å². The quantitative estimate of drug-likeness (QED) is 0.670. The summed E-state index contributed by atoms with van der Waals surface area (Å²) in [6.45, 7) is 0.335. The molecule has 1 aliphatic rings. The topological polar surface area (TPSA) is 100 Å². The summed E-state index contributed by atoms with van der Waals surface area (Å²) in [5.74, 6) is -0.486. The molecular formula is C12H14N4O4. The van der Waals surface area contributed by atoms with Crippen molar-refractivity contribution < 1.29 is 15.0 Å². The van der Waals surface area contributed by atoms with Gasteiger partial charge in [-0.1, -0.05) is 6.07 Å². The maximum absolute atomic E-state index is 12.1. The van der Waals surface area contributed by atoms with Gasteiger partial charge in [-0.3, -0.25) is 9.69 Å². The van der Waals surface area contributed by atoms with Crippen molar-refractivity contribution >= 4 is 11.6 Å². The van der Waals surface area contributed by atoms with E-state index in [0.717, 1.165) is 4.68 Å². The van der Waals surface area contributed by atoms with Gasteiger partial charge in [-0.25, -0.2) is 9.20 Å². The number of β-amino-alcohol motifs (C(OH)–C–C–N with tert-alkyl or cyclic N) is 2. The second kappa shape index (κ2) is 4.82. The third-order valence-electron chi connectivity index (χ3n) is 3.36. The molecule has 0 spiro atoms. The van der Waals surface area contributed by atoms with E-state index in [-0.39, 0.29) is 19.6 Å². The van der Waals surface area contributed by atoms with Crippen LogP contribution in [0.3, 0.4) is 0 Å². The Morgan fingerprint density at radius 3 is 2.65 bits per heavy atom. The molecule has 106 valence electrons. The van der Waals surface area contributed by atoms with E-state index in [2.05, 4.69) is 5.10 Å². The van der Waals surface area contributed by atoms with Crippen molar-refractivity contribution in [2.75, 3.05) is 19.6 Å². The number of fused-ring (bicyclic) bond motifs is 1. The number of carbonyl (C=O) groups is 1. The molecule has 0 aromatic carbocycles. The fraction of sp³-hybridized carbons (Fsp3) is 0.417. The molecule has 1 aliphatic heterocycles. The Labute approximate surface area is 113 Å². The lowest BCUT2D eigenvalue weighted by molar-refractivity contribution is 0.0572. The third kappa shape index (κ3) is 2.13. The highest BCUT2D eigenvalue weighted by Crippen LogP contribution is 2.09. The Kier molecular flexibility index (Phi) is 3.13. The van der Waals surface area contributed by atoms with E-state index in [1.54, 1.807) is 23.1 Å². The lowest BCUT2D eigenvalue weighted by Crippen LogP contribution is -2.37. The second-order valence-corrected chi connectivity index (χ2v) is 4.85. The first-order valence-electron chi connectivity index (χ1n) is 6.24. The van der Waals surface area contributed by atoms with Crippen LogP contribution in [-0.2, 0) is 0 Å². The van der Waals surface area contributed by atoms with Gasteiger partial charge in [-0.05, 0) is 12.1 Å². The van der Waals surface area contributed by atoms with Crippen molar-refractivity contribution in [1.82, 2.24) is 19.1 Å². The molecule has 0 radical (unpaired) electrons. The number of hydrogen-bond acceptors (Lipinski definition) is 6. The van der Waals surface area contributed by atoms with Crippen LogP contribution in [0.15, 0.2) is 29.2 Å². The smallest absolute Gasteiger partial charge is 0.357 e. The number of hydrogen-bond donors (Lipinski definition) is 2. The molecule has 0 bridgehead atoms. The van der Waals surface area contributed by atoms with Gasteiger partial charge in [0.1, 0.15) is 0 Å². The van der Waals surface area contributed by atoms with Gasteiger partial charge in [0.15, 0.2) is 5.65 Å². The minimum atomic E-state index is -0.861. The van der Waals surface area contributed by atoms with E-state index in [1.807, 2.05) is 0 Å². The van der Waals surface area contributed by atoms with E-state index in [4.69, 9.17) is 0 Å². The Balaban J connectivity index is 1.83. The van der Waals surface area contributed by atoms with Crippen molar-refractivity contribution in [3.8, 4) is 0 Å². The van der Waals surface area contributed by atoms with Crippen LogP contribution in [0.4, 0.5) is 0 Å². The number of aromatic nitrogens is 3. The Morgan fingerprint density at radius 2 is 2.00 bits per heavy atom. The molecule has 1 saturated heterocycles. The van der Waals surface area contributed by atoms with Crippen molar-refractivity contribution in [3.05, 3.63) is 34.9 Å². The summed E-state index contributed by atoms with van der Waals surface area (Å²) in [6, 6.07) is 5.04. The predicted octanol–water partition coefficient (Wildman–Crippen LogP) is -1.83. The van der Waals surface area contributed by atoms with Gasteiger partial charge in [0.25, 0.3) is 5.91 Å². The molecule has 2 aromatic heterocycles. The summed E-state index contributed by atoms with van der Waals surface area (Å²) in [6.07, 6.45) is -0.182. The first-order valence-corrected chi connectivity index (χ1v) is 6.24. The lowest BCUT2D eigenvalue weighted by atomic mass is 10.3. The minimum absolute atomic E-state index is 0.0715. The monoisotopic (exact) mass is 278 g/mol. The Morgan fingerprint density at radius 1 is 1.30 bits per heavy atom. The van der Waals surface area contributed by atoms with Gasteiger partial charge < -0.3 is 10.2 Å². The summed E-state index contributed by atoms with van der Waals surface area (Å²) in [4.78, 5) is 25.7. The van der Waals surface area contributed by atoms with E-state index in [0.29, 0.717) is 5.65 Å². The normalized spacial score (nSPS) is 23.5. The molecule has 8 nitrogen and oxygen atoms in total. The van der Waals surface area contributed by atoms with E-state index >= 15 is 0 Å². The molecule has 0 aliphatic carbocycles. The molecule has 8 heteroatoms. The number of pyridine rings is 1. The highest BCUT2D eigenvalue weighted by molar-refractivity contribution is 5.80. The molecule has 0 unspecified atom stereocenters. The number of likely N-dealkylation sites (tertiary alicyclic amines) is 1. The highest BCUT2D eigenvalue weighted by atomic mass is 16.3. The van der Waals surface area contributed by atoms with Crippen LogP contribution in [0.5, 0.6) is 0 Å². The molecule has 2 aromatic rings. The standard InChI is InChI=1S/C12H14N4O4/c17-8-5-14(6-9(8)18)7-11(19)16-12(20)15-4-2-1-3-10(15)13-16/h1-4,8-9,17-18H,5-7H2/t8-,9+. The third-order valence-corrected chi connectivity index (χ3v) is 3.36. The van der Waals surface area contributed by atoms with Gasteiger partial charge in [-0.15, -0.1) is 9.78 Å². The van der Waals surface area contributed by atoms with E-state index < -0.39 is 23.8 Å². The SMILES string of the molecule is O=C(CN1C[C@@H](O)[C@@H](O)C1)n1nc2ccccn2c1=O. The van der Waals surface area contributed by atoms with Crippen LogP contribution in [-0.4, -0.2) is 67.0 Å². The van der Waals surface area contributed by atoms with Crippen molar-refractivity contribution in [2.45, 2.75) is 12.2 Å². The zero-order chi connectivity index (χ0) is 14.3. The summed E-state index contributed by atoms with van der Waals surface area (Å²) in [5.41, 5.74) is -0.127. The van der Waals surface area contributed by atoms with Crippen LogP contribution in [0.1, 0.15) is 4.79 Å². The van der Waals surface area contributed by atoms with E-state index in [1.165, 1.54) is 10.6 Å². The summed E-state index contributed by atoms with van der Waals surface area (Å²) >= 11 is 0. The Hall–Kier alpha value is -2.03. The molecule has 3 rings (SSSR count). The number of aliphatic hydroxyl groups is 2.